The van der Waals surface area contributed by atoms with Crippen molar-refractivity contribution in [3.8, 4) is 0 Å². The van der Waals surface area contributed by atoms with Crippen LogP contribution < -0.4 is 5.32 Å². The number of hydrogen-bond acceptors (Lipinski definition) is 3. The molecular weight excluding hydrogens is 382 g/mol. The number of nitrogens with zero attached hydrogens (tertiary/aromatic N) is 2. The second-order valence-corrected chi connectivity index (χ2v) is 6.23. The average Bonchev–Trinajstić information content (AvgIpc) is 2.44. The van der Waals surface area contributed by atoms with Gasteiger partial charge < -0.3 is 5.32 Å². The van der Waals surface area contributed by atoms with Crippen LogP contribution in [-0.4, -0.2) is 9.97 Å². The SMILES string of the molecule is Brc1cncc(CNc2cccc3cc(Br)cnc23)c1. The van der Waals surface area contributed by atoms with Gasteiger partial charge in [-0.3, -0.25) is 9.97 Å². The van der Waals surface area contributed by atoms with Crippen LogP contribution in [0.3, 0.4) is 0 Å². The molecule has 0 saturated carbocycles. The molecule has 0 spiro atoms. The fourth-order valence-corrected chi connectivity index (χ4v) is 2.79. The zero-order valence-electron chi connectivity index (χ0n) is 10.5. The van der Waals surface area contributed by atoms with Crippen LogP contribution in [0.15, 0.2) is 57.9 Å². The molecule has 0 saturated heterocycles. The van der Waals surface area contributed by atoms with Crippen LogP contribution in [0.2, 0.25) is 0 Å². The molecule has 1 aromatic carbocycles. The van der Waals surface area contributed by atoms with Crippen molar-refractivity contribution in [1.82, 2.24) is 9.97 Å². The highest BCUT2D eigenvalue weighted by molar-refractivity contribution is 9.10. The highest BCUT2D eigenvalue weighted by Gasteiger charge is 2.03. The fraction of sp³-hybridized carbons (Fsp3) is 0.0667. The van der Waals surface area contributed by atoms with Crippen molar-refractivity contribution in [2.75, 3.05) is 5.32 Å². The number of pyridine rings is 2. The lowest BCUT2D eigenvalue weighted by Crippen LogP contribution is -2.01. The first-order chi connectivity index (χ1) is 9.72. The van der Waals surface area contributed by atoms with E-state index in [1.54, 1.807) is 6.20 Å². The van der Waals surface area contributed by atoms with Gasteiger partial charge in [-0.25, -0.2) is 0 Å². The summed E-state index contributed by atoms with van der Waals surface area (Å²) in [7, 11) is 0. The third-order valence-corrected chi connectivity index (χ3v) is 3.79. The Bertz CT molecular complexity index is 759. The molecule has 0 fully saturated rings. The molecule has 3 rings (SSSR count). The van der Waals surface area contributed by atoms with Gasteiger partial charge in [0.1, 0.15) is 0 Å². The molecule has 0 bridgehead atoms. The molecule has 0 radical (unpaired) electrons. The van der Waals surface area contributed by atoms with Gasteiger partial charge in [0.25, 0.3) is 0 Å². The molecule has 0 unspecified atom stereocenters. The Morgan fingerprint density at radius 1 is 1.00 bits per heavy atom. The summed E-state index contributed by atoms with van der Waals surface area (Å²) in [5.41, 5.74) is 3.11. The van der Waals surface area contributed by atoms with Crippen LogP contribution in [0, 0.1) is 0 Å². The molecule has 0 aliphatic heterocycles. The minimum absolute atomic E-state index is 0.712. The van der Waals surface area contributed by atoms with Crippen LogP contribution in [0.1, 0.15) is 5.56 Å². The molecule has 3 aromatic rings. The maximum absolute atomic E-state index is 4.48. The van der Waals surface area contributed by atoms with Crippen molar-refractivity contribution < 1.29 is 0 Å². The molecule has 0 aliphatic carbocycles. The maximum atomic E-state index is 4.48. The summed E-state index contributed by atoms with van der Waals surface area (Å²) in [6.45, 7) is 0.712. The Morgan fingerprint density at radius 2 is 1.85 bits per heavy atom. The molecule has 3 nitrogen and oxygen atoms in total. The molecule has 2 heterocycles. The quantitative estimate of drug-likeness (QED) is 0.697. The Kier molecular flexibility index (Phi) is 3.98. The van der Waals surface area contributed by atoms with E-state index in [1.165, 1.54) is 0 Å². The lowest BCUT2D eigenvalue weighted by molar-refractivity contribution is 1.11. The monoisotopic (exact) mass is 391 g/mol. The third kappa shape index (κ3) is 2.99. The second kappa shape index (κ2) is 5.89. The fourth-order valence-electron chi connectivity index (χ4n) is 2.03. The zero-order valence-corrected chi connectivity index (χ0v) is 13.6. The first kappa shape index (κ1) is 13.5. The van der Waals surface area contributed by atoms with Gasteiger partial charge in [-0.2, -0.15) is 0 Å². The summed E-state index contributed by atoms with van der Waals surface area (Å²) in [4.78, 5) is 8.64. The molecule has 1 N–H and O–H groups in total. The van der Waals surface area contributed by atoms with E-state index < -0.39 is 0 Å². The number of rotatable bonds is 3. The Hall–Kier alpha value is -1.46. The predicted octanol–water partition coefficient (Wildman–Crippen LogP) is 4.77. The topological polar surface area (TPSA) is 37.8 Å². The van der Waals surface area contributed by atoms with Crippen molar-refractivity contribution in [1.29, 1.82) is 0 Å². The van der Waals surface area contributed by atoms with Gasteiger partial charge in [-0.05, 0) is 55.6 Å². The smallest absolute Gasteiger partial charge is 0.0934 e. The second-order valence-electron chi connectivity index (χ2n) is 4.40. The number of fused-ring (bicyclic) bond motifs is 1. The zero-order chi connectivity index (χ0) is 13.9. The summed E-state index contributed by atoms with van der Waals surface area (Å²) in [5.74, 6) is 0. The van der Waals surface area contributed by atoms with Crippen LogP contribution in [-0.2, 0) is 6.54 Å². The minimum atomic E-state index is 0.712. The number of nitrogens with one attached hydrogen (secondary N) is 1. The molecule has 20 heavy (non-hydrogen) atoms. The van der Waals surface area contributed by atoms with Gasteiger partial charge in [0.15, 0.2) is 0 Å². The number of aromatic nitrogens is 2. The number of halogens is 2. The molecule has 0 aliphatic rings. The van der Waals surface area contributed by atoms with Crippen molar-refractivity contribution in [2.24, 2.45) is 0 Å². The lowest BCUT2D eigenvalue weighted by Gasteiger charge is -2.09. The highest BCUT2D eigenvalue weighted by Crippen LogP contribution is 2.24. The van der Waals surface area contributed by atoms with Gasteiger partial charge >= 0.3 is 0 Å². The maximum Gasteiger partial charge on any atom is 0.0934 e. The Morgan fingerprint density at radius 3 is 2.70 bits per heavy atom. The summed E-state index contributed by atoms with van der Waals surface area (Å²) in [5, 5.41) is 4.52. The molecule has 0 amide bonds. The normalized spacial score (nSPS) is 10.7. The van der Waals surface area contributed by atoms with Gasteiger partial charge in [0.05, 0.1) is 11.2 Å². The van der Waals surface area contributed by atoms with Gasteiger partial charge in [-0.15, -0.1) is 0 Å². The number of para-hydroxylation sites is 1. The number of anilines is 1. The standard InChI is InChI=1S/C15H11Br2N3/c16-12-4-10(6-18-8-12)7-19-14-3-1-2-11-5-13(17)9-20-15(11)14/h1-6,8-9,19H,7H2. The van der Waals surface area contributed by atoms with Crippen molar-refractivity contribution in [3.63, 3.8) is 0 Å². The van der Waals surface area contributed by atoms with E-state index in [-0.39, 0.29) is 0 Å². The molecular formula is C15H11Br2N3. The average molecular weight is 393 g/mol. The van der Waals surface area contributed by atoms with Crippen molar-refractivity contribution in [3.05, 3.63) is 63.4 Å². The highest BCUT2D eigenvalue weighted by atomic mass is 79.9. The molecule has 100 valence electrons. The summed E-state index contributed by atoms with van der Waals surface area (Å²) >= 11 is 6.87. The largest absolute Gasteiger partial charge is 0.379 e. The van der Waals surface area contributed by atoms with E-state index in [1.807, 2.05) is 24.5 Å². The third-order valence-electron chi connectivity index (χ3n) is 2.92. The van der Waals surface area contributed by atoms with Crippen LogP contribution in [0.25, 0.3) is 10.9 Å². The Balaban J connectivity index is 1.87. The lowest BCUT2D eigenvalue weighted by atomic mass is 10.2. The van der Waals surface area contributed by atoms with Crippen LogP contribution >= 0.6 is 31.9 Å². The summed E-state index contributed by atoms with van der Waals surface area (Å²) in [6.07, 6.45) is 5.45. The molecule has 0 atom stereocenters. The number of benzene rings is 1. The van der Waals surface area contributed by atoms with E-state index in [2.05, 4.69) is 65.3 Å². The van der Waals surface area contributed by atoms with Gasteiger partial charge in [0.2, 0.25) is 0 Å². The Labute approximate surface area is 133 Å². The molecule has 2 aromatic heterocycles. The summed E-state index contributed by atoms with van der Waals surface area (Å²) in [6, 6.07) is 10.2. The van der Waals surface area contributed by atoms with E-state index in [0.717, 1.165) is 31.1 Å². The minimum Gasteiger partial charge on any atom is -0.379 e. The van der Waals surface area contributed by atoms with Gasteiger partial charge in [0, 0.05) is 39.5 Å². The summed E-state index contributed by atoms with van der Waals surface area (Å²) < 4.78 is 1.97. The van der Waals surface area contributed by atoms with E-state index in [0.29, 0.717) is 6.54 Å². The number of hydrogen-bond donors (Lipinski definition) is 1. The first-order valence-corrected chi connectivity index (χ1v) is 7.68. The van der Waals surface area contributed by atoms with Crippen LogP contribution in [0.4, 0.5) is 5.69 Å². The van der Waals surface area contributed by atoms with Gasteiger partial charge in [-0.1, -0.05) is 12.1 Å². The van der Waals surface area contributed by atoms with Crippen LogP contribution in [0.5, 0.6) is 0 Å². The van der Waals surface area contributed by atoms with E-state index in [9.17, 15) is 0 Å². The first-order valence-electron chi connectivity index (χ1n) is 6.10. The van der Waals surface area contributed by atoms with E-state index in [4.69, 9.17) is 0 Å². The van der Waals surface area contributed by atoms with E-state index >= 15 is 0 Å². The van der Waals surface area contributed by atoms with Crippen molar-refractivity contribution >= 4 is 48.5 Å². The molecule has 5 heteroatoms. The van der Waals surface area contributed by atoms with Crippen molar-refractivity contribution in [2.45, 2.75) is 6.54 Å². The predicted molar refractivity (Wildman–Crippen MR) is 88.7 cm³/mol.